The molecule has 0 aromatic carbocycles. The summed E-state index contributed by atoms with van der Waals surface area (Å²) < 4.78 is 0. The molecule has 0 spiro atoms. The minimum absolute atomic E-state index is 0.159. The number of thiophene rings is 1. The van der Waals surface area contributed by atoms with Crippen molar-refractivity contribution < 1.29 is 0 Å². The molecular formula is C14H25N3S. The molecule has 1 unspecified atom stereocenters. The van der Waals surface area contributed by atoms with Crippen LogP contribution in [-0.4, -0.2) is 48.1 Å². The molecule has 102 valence electrons. The van der Waals surface area contributed by atoms with Crippen LogP contribution in [0.1, 0.15) is 25.8 Å². The molecule has 0 aliphatic carbocycles. The highest BCUT2D eigenvalue weighted by atomic mass is 32.1. The lowest BCUT2D eigenvalue weighted by molar-refractivity contribution is 0.116. The summed E-state index contributed by atoms with van der Waals surface area (Å²) in [6.07, 6.45) is 1.18. The Morgan fingerprint density at radius 3 is 2.83 bits per heavy atom. The molecule has 0 bridgehead atoms. The van der Waals surface area contributed by atoms with Gasteiger partial charge in [0.05, 0.1) is 0 Å². The van der Waals surface area contributed by atoms with Crippen molar-refractivity contribution in [2.24, 2.45) is 5.73 Å². The van der Waals surface area contributed by atoms with Gasteiger partial charge in [-0.2, -0.15) is 11.3 Å². The van der Waals surface area contributed by atoms with E-state index < -0.39 is 0 Å². The zero-order chi connectivity index (χ0) is 13.2. The Hall–Kier alpha value is -0.420. The quantitative estimate of drug-likeness (QED) is 0.885. The number of rotatable bonds is 5. The van der Waals surface area contributed by atoms with Gasteiger partial charge in [0.1, 0.15) is 0 Å². The SMILES string of the molecule is CC(C)N1CCC(CN)(N(C)Cc2ccsc2)C1. The van der Waals surface area contributed by atoms with E-state index in [9.17, 15) is 0 Å². The largest absolute Gasteiger partial charge is 0.329 e. The molecule has 1 fully saturated rings. The maximum Gasteiger partial charge on any atom is 0.0471 e. The Morgan fingerprint density at radius 2 is 2.33 bits per heavy atom. The fourth-order valence-corrected chi connectivity index (χ4v) is 3.45. The van der Waals surface area contributed by atoms with E-state index in [2.05, 4.69) is 47.5 Å². The first-order valence-corrected chi connectivity index (χ1v) is 7.68. The van der Waals surface area contributed by atoms with E-state index in [1.54, 1.807) is 11.3 Å². The highest BCUT2D eigenvalue weighted by Gasteiger charge is 2.40. The van der Waals surface area contributed by atoms with Crippen LogP contribution in [0.4, 0.5) is 0 Å². The first kappa shape index (κ1) is 14.0. The lowest BCUT2D eigenvalue weighted by Crippen LogP contribution is -2.53. The first-order chi connectivity index (χ1) is 8.57. The summed E-state index contributed by atoms with van der Waals surface area (Å²) in [7, 11) is 2.22. The zero-order valence-corrected chi connectivity index (χ0v) is 12.5. The fraction of sp³-hybridized carbons (Fsp3) is 0.714. The molecule has 4 heteroatoms. The Morgan fingerprint density at radius 1 is 1.56 bits per heavy atom. The zero-order valence-electron chi connectivity index (χ0n) is 11.7. The molecule has 1 atom stereocenters. The minimum Gasteiger partial charge on any atom is -0.329 e. The molecular weight excluding hydrogens is 242 g/mol. The lowest BCUT2D eigenvalue weighted by atomic mass is 9.96. The Balaban J connectivity index is 2.04. The van der Waals surface area contributed by atoms with Gasteiger partial charge in [-0.15, -0.1) is 0 Å². The van der Waals surface area contributed by atoms with E-state index in [-0.39, 0.29) is 5.54 Å². The van der Waals surface area contributed by atoms with Crippen molar-refractivity contribution in [3.8, 4) is 0 Å². The van der Waals surface area contributed by atoms with Crippen LogP contribution in [0.2, 0.25) is 0 Å². The van der Waals surface area contributed by atoms with Gasteiger partial charge >= 0.3 is 0 Å². The van der Waals surface area contributed by atoms with Crippen LogP contribution in [0, 0.1) is 0 Å². The van der Waals surface area contributed by atoms with E-state index in [0.29, 0.717) is 6.04 Å². The minimum atomic E-state index is 0.159. The predicted octanol–water partition coefficient (Wildman–Crippen LogP) is 1.99. The van der Waals surface area contributed by atoms with Gasteiger partial charge in [0, 0.05) is 37.8 Å². The smallest absolute Gasteiger partial charge is 0.0471 e. The third-order valence-corrected chi connectivity index (χ3v) is 5.01. The van der Waals surface area contributed by atoms with Crippen molar-refractivity contribution in [3.63, 3.8) is 0 Å². The summed E-state index contributed by atoms with van der Waals surface area (Å²) >= 11 is 1.77. The van der Waals surface area contributed by atoms with Crippen molar-refractivity contribution in [1.29, 1.82) is 0 Å². The summed E-state index contributed by atoms with van der Waals surface area (Å²) in [5.41, 5.74) is 7.66. The first-order valence-electron chi connectivity index (χ1n) is 6.74. The topological polar surface area (TPSA) is 32.5 Å². The van der Waals surface area contributed by atoms with Gasteiger partial charge < -0.3 is 5.73 Å². The molecule has 2 N–H and O–H groups in total. The van der Waals surface area contributed by atoms with E-state index in [0.717, 1.165) is 19.6 Å². The van der Waals surface area contributed by atoms with Crippen molar-refractivity contribution >= 4 is 11.3 Å². The van der Waals surface area contributed by atoms with Crippen LogP contribution in [0.15, 0.2) is 16.8 Å². The monoisotopic (exact) mass is 267 g/mol. The molecule has 0 amide bonds. The standard InChI is InChI=1S/C14H25N3S/c1-12(2)17-6-5-14(10-15,11-17)16(3)8-13-4-7-18-9-13/h4,7,9,12H,5-6,8,10-11,15H2,1-3H3. The summed E-state index contributed by atoms with van der Waals surface area (Å²) in [6.45, 7) is 8.56. The number of likely N-dealkylation sites (tertiary alicyclic amines) is 1. The maximum atomic E-state index is 6.10. The van der Waals surface area contributed by atoms with Crippen LogP contribution in [0.25, 0.3) is 0 Å². The van der Waals surface area contributed by atoms with Crippen molar-refractivity contribution in [2.75, 3.05) is 26.7 Å². The normalized spacial score (nSPS) is 25.4. The molecule has 18 heavy (non-hydrogen) atoms. The van der Waals surface area contributed by atoms with Crippen LogP contribution < -0.4 is 5.73 Å². The summed E-state index contributed by atoms with van der Waals surface area (Å²) in [4.78, 5) is 4.99. The summed E-state index contributed by atoms with van der Waals surface area (Å²) in [5, 5.41) is 4.38. The average molecular weight is 267 g/mol. The highest BCUT2D eigenvalue weighted by molar-refractivity contribution is 7.07. The number of hydrogen-bond donors (Lipinski definition) is 1. The van der Waals surface area contributed by atoms with Crippen LogP contribution in [0.3, 0.4) is 0 Å². The van der Waals surface area contributed by atoms with Crippen LogP contribution in [0.5, 0.6) is 0 Å². The Bertz CT molecular complexity index is 363. The average Bonchev–Trinajstić information content (AvgIpc) is 2.97. The summed E-state index contributed by atoms with van der Waals surface area (Å²) in [5.74, 6) is 0. The predicted molar refractivity (Wildman–Crippen MR) is 78.9 cm³/mol. The van der Waals surface area contributed by atoms with Gasteiger partial charge in [0.15, 0.2) is 0 Å². The molecule has 1 saturated heterocycles. The molecule has 0 radical (unpaired) electrons. The highest BCUT2D eigenvalue weighted by Crippen LogP contribution is 2.29. The van der Waals surface area contributed by atoms with Crippen molar-refractivity contribution in [3.05, 3.63) is 22.4 Å². The second-order valence-electron chi connectivity index (χ2n) is 5.73. The maximum absolute atomic E-state index is 6.10. The molecule has 3 nitrogen and oxygen atoms in total. The van der Waals surface area contributed by atoms with Gasteiger partial charge in [-0.25, -0.2) is 0 Å². The summed E-state index contributed by atoms with van der Waals surface area (Å²) in [6, 6.07) is 2.83. The second kappa shape index (κ2) is 5.70. The molecule has 1 aromatic rings. The molecule has 2 rings (SSSR count). The molecule has 1 aliphatic rings. The number of nitrogens with two attached hydrogens (primary N) is 1. The number of hydrogen-bond acceptors (Lipinski definition) is 4. The van der Waals surface area contributed by atoms with Crippen molar-refractivity contribution in [2.45, 2.75) is 38.4 Å². The van der Waals surface area contributed by atoms with Crippen molar-refractivity contribution in [1.82, 2.24) is 9.80 Å². The van der Waals surface area contributed by atoms with Gasteiger partial charge in [-0.3, -0.25) is 9.80 Å². The Kier molecular flexibility index (Phi) is 4.43. The van der Waals surface area contributed by atoms with E-state index in [1.807, 2.05) is 0 Å². The van der Waals surface area contributed by atoms with Crippen LogP contribution >= 0.6 is 11.3 Å². The molecule has 0 saturated carbocycles. The van der Waals surface area contributed by atoms with Gasteiger partial charge in [-0.1, -0.05) is 0 Å². The van der Waals surface area contributed by atoms with Gasteiger partial charge in [0.25, 0.3) is 0 Å². The fourth-order valence-electron chi connectivity index (χ4n) is 2.79. The lowest BCUT2D eigenvalue weighted by Gasteiger charge is -2.38. The van der Waals surface area contributed by atoms with E-state index in [1.165, 1.54) is 18.5 Å². The number of nitrogens with zero attached hydrogens (tertiary/aromatic N) is 2. The molecule has 2 heterocycles. The third kappa shape index (κ3) is 2.77. The Labute approximate surface area is 115 Å². The van der Waals surface area contributed by atoms with Gasteiger partial charge in [-0.05, 0) is 49.7 Å². The third-order valence-electron chi connectivity index (χ3n) is 4.28. The molecule has 1 aliphatic heterocycles. The molecule has 1 aromatic heterocycles. The number of likely N-dealkylation sites (N-methyl/N-ethyl adjacent to an activating group) is 1. The van der Waals surface area contributed by atoms with E-state index >= 15 is 0 Å². The second-order valence-corrected chi connectivity index (χ2v) is 6.51. The van der Waals surface area contributed by atoms with E-state index in [4.69, 9.17) is 5.73 Å². The van der Waals surface area contributed by atoms with Crippen LogP contribution in [-0.2, 0) is 6.54 Å². The van der Waals surface area contributed by atoms with Gasteiger partial charge in [0.2, 0.25) is 0 Å².